The Hall–Kier alpha value is -0.520. The zero-order chi connectivity index (χ0) is 19.4. The molecule has 1 aliphatic carbocycles. The molecule has 0 radical (unpaired) electrons. The number of benzodiazepines with no additional fused rings is 1. The van der Waals surface area contributed by atoms with Crippen molar-refractivity contribution in [1.29, 1.82) is 0 Å². The molecule has 2 aromatic rings. The number of carbonyl (C=O) groups excluding carboxylic acids is 1. The van der Waals surface area contributed by atoms with Crippen LogP contribution in [0.5, 0.6) is 0 Å². The van der Waals surface area contributed by atoms with Crippen LogP contribution in [0.1, 0.15) is 24.0 Å². The van der Waals surface area contributed by atoms with Gasteiger partial charge in [0.2, 0.25) is 5.91 Å². The summed E-state index contributed by atoms with van der Waals surface area (Å²) >= 11 is 4.44. The molecule has 148 valence electrons. The Morgan fingerprint density at radius 1 is 1.07 bits per heavy atom. The first kappa shape index (κ1) is 21.2. The summed E-state index contributed by atoms with van der Waals surface area (Å²) in [6.45, 7) is 0.967. The van der Waals surface area contributed by atoms with Crippen LogP contribution in [0.2, 0.25) is 5.02 Å². The summed E-state index contributed by atoms with van der Waals surface area (Å²) < 4.78 is 0. The normalized spacial score (nSPS) is 16.6. The number of rotatable bonds is 3. The summed E-state index contributed by atoms with van der Waals surface area (Å²) in [5.41, 5.74) is 3.72. The second kappa shape index (κ2) is 9.80. The molecular weight excluding hydrogens is 611 g/mol. The van der Waals surface area contributed by atoms with Crippen LogP contribution in [0.3, 0.4) is 0 Å². The number of hydrogen-bond donors (Lipinski definition) is 0. The first-order valence-electron chi connectivity index (χ1n) is 8.27. The average molecular weight is 628 g/mol. The first-order valence-corrected chi connectivity index (χ1v) is 16.7. The van der Waals surface area contributed by atoms with Gasteiger partial charge in [0.25, 0.3) is 0 Å². The molecule has 1 amide bonds. The molecule has 0 unspecified atom stereocenters. The van der Waals surface area contributed by atoms with E-state index in [1.54, 1.807) is 0 Å². The van der Waals surface area contributed by atoms with E-state index in [2.05, 4.69) is 4.99 Å². The fraction of sp³-hybridized carbons (Fsp3) is 0.263. The SMILES string of the molecule is O=C1CN=C(c2ccccc2)c2cc(Cl)ccc2N1CC1CC1.[Cl][Au]([Cl])[Cl]. The van der Waals surface area contributed by atoms with E-state index in [4.69, 9.17) is 39.2 Å². The van der Waals surface area contributed by atoms with Crippen molar-refractivity contribution in [3.63, 3.8) is 0 Å². The van der Waals surface area contributed by atoms with Gasteiger partial charge in [-0.05, 0) is 37.0 Å². The Labute approximate surface area is 181 Å². The molecular formula is C19H17AuCl4N2O. The van der Waals surface area contributed by atoms with Gasteiger partial charge in [-0.1, -0.05) is 41.9 Å². The van der Waals surface area contributed by atoms with E-state index < -0.39 is 15.2 Å². The second-order valence-corrected chi connectivity index (χ2v) is 16.1. The van der Waals surface area contributed by atoms with Crippen LogP contribution in [0.25, 0.3) is 0 Å². The van der Waals surface area contributed by atoms with Gasteiger partial charge < -0.3 is 4.90 Å². The van der Waals surface area contributed by atoms with Gasteiger partial charge in [-0.3, -0.25) is 9.79 Å². The number of hydrogen-bond acceptors (Lipinski definition) is 2. The van der Waals surface area contributed by atoms with Crippen LogP contribution in [-0.4, -0.2) is 24.7 Å². The molecule has 8 heteroatoms. The zero-order valence-corrected chi connectivity index (χ0v) is 19.3. The predicted molar refractivity (Wildman–Crippen MR) is 111 cm³/mol. The summed E-state index contributed by atoms with van der Waals surface area (Å²) in [5, 5.41) is 0.660. The minimum absolute atomic E-state index is 0.0615. The van der Waals surface area contributed by atoms with Gasteiger partial charge in [0.05, 0.1) is 11.4 Å². The van der Waals surface area contributed by atoms with Crippen LogP contribution in [-0.2, 0) is 20.0 Å². The second-order valence-electron chi connectivity index (χ2n) is 6.27. The number of benzene rings is 2. The van der Waals surface area contributed by atoms with Crippen molar-refractivity contribution in [1.82, 2.24) is 0 Å². The molecule has 3 nitrogen and oxygen atoms in total. The Bertz CT molecular complexity index is 838. The van der Waals surface area contributed by atoms with Gasteiger partial charge in [0.15, 0.2) is 0 Å². The quantitative estimate of drug-likeness (QED) is 0.385. The van der Waals surface area contributed by atoms with Gasteiger partial charge in [0, 0.05) is 22.7 Å². The predicted octanol–water partition coefficient (Wildman–Crippen LogP) is 6.00. The van der Waals surface area contributed by atoms with Gasteiger partial charge in [-0.15, -0.1) is 0 Å². The molecule has 0 aromatic heterocycles. The molecule has 1 aliphatic heterocycles. The Balaban J connectivity index is 0.000000481. The fourth-order valence-corrected chi connectivity index (χ4v) is 3.16. The Kier molecular flexibility index (Phi) is 7.69. The van der Waals surface area contributed by atoms with E-state index in [9.17, 15) is 4.79 Å². The van der Waals surface area contributed by atoms with Crippen LogP contribution in [0.15, 0.2) is 53.5 Å². The van der Waals surface area contributed by atoms with Crippen molar-refractivity contribution in [3.05, 3.63) is 64.7 Å². The third-order valence-electron chi connectivity index (χ3n) is 4.36. The molecule has 0 atom stereocenters. The third kappa shape index (κ3) is 5.98. The standard InChI is InChI=1S/C19H17ClN2O.Au.3ClH/c20-15-8-9-17-16(10-15)19(14-4-2-1-3-5-14)21-11-18(23)22(17)12-13-6-7-13;;;;/h1-5,8-10,13H,6-7,11-12H2;;3*1H/q;+3;;;/p-3. The molecule has 0 N–H and O–H groups in total. The van der Waals surface area contributed by atoms with Crippen LogP contribution < -0.4 is 4.90 Å². The van der Waals surface area contributed by atoms with Gasteiger partial charge in [-0.25, -0.2) is 0 Å². The molecule has 2 aliphatic rings. The van der Waals surface area contributed by atoms with Gasteiger partial charge >= 0.3 is 42.8 Å². The number of halogens is 4. The molecule has 0 saturated heterocycles. The van der Waals surface area contributed by atoms with Crippen LogP contribution >= 0.6 is 39.2 Å². The summed E-state index contributed by atoms with van der Waals surface area (Å²) in [6.07, 6.45) is 2.41. The summed E-state index contributed by atoms with van der Waals surface area (Å²) in [6, 6.07) is 15.7. The van der Waals surface area contributed by atoms with Gasteiger partial charge in [-0.2, -0.15) is 0 Å². The monoisotopic (exact) mass is 626 g/mol. The molecule has 0 bridgehead atoms. The van der Waals surface area contributed by atoms with Crippen LogP contribution in [0.4, 0.5) is 5.69 Å². The van der Waals surface area contributed by atoms with Gasteiger partial charge in [0.1, 0.15) is 6.54 Å². The van der Waals surface area contributed by atoms with Crippen molar-refractivity contribution < 1.29 is 20.0 Å². The van der Waals surface area contributed by atoms with Crippen molar-refractivity contribution in [2.75, 3.05) is 18.0 Å². The van der Waals surface area contributed by atoms with E-state index in [0.29, 0.717) is 10.9 Å². The minimum atomic E-state index is -1.79. The first-order chi connectivity index (χ1) is 13.0. The molecule has 1 saturated carbocycles. The zero-order valence-electron chi connectivity index (χ0n) is 14.1. The number of nitrogens with zero attached hydrogens (tertiary/aromatic N) is 2. The van der Waals surface area contributed by atoms with E-state index in [1.807, 2.05) is 53.4 Å². The maximum atomic E-state index is 12.6. The number of fused-ring (bicyclic) bond motifs is 1. The molecule has 27 heavy (non-hydrogen) atoms. The third-order valence-corrected chi connectivity index (χ3v) is 4.60. The molecule has 1 fully saturated rings. The van der Waals surface area contributed by atoms with Crippen molar-refractivity contribution in [2.24, 2.45) is 10.9 Å². The maximum absolute atomic E-state index is 12.6. The molecule has 1 heterocycles. The van der Waals surface area contributed by atoms with Crippen molar-refractivity contribution in [2.45, 2.75) is 12.8 Å². The molecule has 4 rings (SSSR count). The number of amides is 1. The topological polar surface area (TPSA) is 32.7 Å². The number of aliphatic imine (C=N–C) groups is 1. The van der Waals surface area contributed by atoms with E-state index in [1.165, 1.54) is 12.8 Å². The summed E-state index contributed by atoms with van der Waals surface area (Å²) in [7, 11) is 14.9. The van der Waals surface area contributed by atoms with E-state index >= 15 is 0 Å². The van der Waals surface area contributed by atoms with E-state index in [-0.39, 0.29) is 12.5 Å². The van der Waals surface area contributed by atoms with E-state index in [0.717, 1.165) is 29.1 Å². The summed E-state index contributed by atoms with van der Waals surface area (Å²) in [5.74, 6) is 0.687. The Morgan fingerprint density at radius 2 is 1.74 bits per heavy atom. The van der Waals surface area contributed by atoms with Crippen molar-refractivity contribution in [3.8, 4) is 0 Å². The fourth-order valence-electron chi connectivity index (χ4n) is 2.99. The van der Waals surface area contributed by atoms with Crippen LogP contribution in [0, 0.1) is 5.92 Å². The van der Waals surface area contributed by atoms with Crippen molar-refractivity contribution >= 4 is 56.5 Å². The number of carbonyl (C=O) groups is 1. The molecule has 2 aromatic carbocycles. The average Bonchev–Trinajstić information content (AvgIpc) is 3.45. The molecule has 0 spiro atoms. The Morgan fingerprint density at radius 3 is 2.37 bits per heavy atom. The number of anilines is 1. The summed E-state index contributed by atoms with van der Waals surface area (Å²) in [4.78, 5) is 19.1.